The lowest BCUT2D eigenvalue weighted by atomic mass is 9.87. The molecule has 2 atom stereocenters. The van der Waals surface area contributed by atoms with E-state index < -0.39 is 0 Å². The Morgan fingerprint density at radius 1 is 1.47 bits per heavy atom. The second-order valence-electron chi connectivity index (χ2n) is 5.06. The van der Waals surface area contributed by atoms with Crippen LogP contribution in [0, 0.1) is 0 Å². The largest absolute Gasteiger partial charge is 0.385 e. The van der Waals surface area contributed by atoms with Gasteiger partial charge in [-0.3, -0.25) is 4.79 Å². The standard InChI is InChI=1S/C15H22N2O2/c1-11-10-13(15(18)16-8-5-9-19-2)12-6-3-4-7-14(12)17-11/h3-4,6-7,11,13,17H,5,8-10H2,1-2H3,(H,16,18). The number of hydrogen-bond acceptors (Lipinski definition) is 3. The number of hydrogen-bond donors (Lipinski definition) is 2. The fourth-order valence-electron chi connectivity index (χ4n) is 2.54. The second-order valence-corrected chi connectivity index (χ2v) is 5.06. The molecule has 1 aromatic rings. The van der Waals surface area contributed by atoms with Crippen molar-refractivity contribution in [3.8, 4) is 0 Å². The van der Waals surface area contributed by atoms with Crippen molar-refractivity contribution in [1.29, 1.82) is 0 Å². The Balaban J connectivity index is 2.01. The molecule has 4 heteroatoms. The molecule has 4 nitrogen and oxygen atoms in total. The number of nitrogens with one attached hydrogen (secondary N) is 2. The zero-order valence-corrected chi connectivity index (χ0v) is 11.6. The highest BCUT2D eigenvalue weighted by atomic mass is 16.5. The fourth-order valence-corrected chi connectivity index (χ4v) is 2.54. The summed E-state index contributed by atoms with van der Waals surface area (Å²) >= 11 is 0. The number of anilines is 1. The van der Waals surface area contributed by atoms with Gasteiger partial charge in [-0.25, -0.2) is 0 Å². The van der Waals surface area contributed by atoms with Gasteiger partial charge in [0.05, 0.1) is 5.92 Å². The minimum absolute atomic E-state index is 0.0463. The lowest BCUT2D eigenvalue weighted by molar-refractivity contribution is -0.122. The first-order chi connectivity index (χ1) is 9.22. The van der Waals surface area contributed by atoms with Gasteiger partial charge in [0, 0.05) is 32.0 Å². The van der Waals surface area contributed by atoms with Gasteiger partial charge >= 0.3 is 0 Å². The van der Waals surface area contributed by atoms with Crippen LogP contribution in [0.2, 0.25) is 0 Å². The van der Waals surface area contributed by atoms with Gasteiger partial charge in [0.25, 0.3) is 0 Å². The molecule has 1 amide bonds. The summed E-state index contributed by atoms with van der Waals surface area (Å²) in [5.74, 6) is 0.0758. The first-order valence-electron chi connectivity index (χ1n) is 6.84. The highest BCUT2D eigenvalue weighted by molar-refractivity contribution is 5.86. The van der Waals surface area contributed by atoms with E-state index in [9.17, 15) is 4.79 Å². The van der Waals surface area contributed by atoms with E-state index in [4.69, 9.17) is 4.74 Å². The summed E-state index contributed by atoms with van der Waals surface area (Å²) in [4.78, 5) is 12.3. The Bertz CT molecular complexity index is 434. The van der Waals surface area contributed by atoms with Crippen LogP contribution in [0.4, 0.5) is 5.69 Å². The number of fused-ring (bicyclic) bond motifs is 1. The third-order valence-electron chi connectivity index (χ3n) is 3.47. The lowest BCUT2D eigenvalue weighted by Crippen LogP contribution is -2.36. The minimum atomic E-state index is -0.0463. The van der Waals surface area contributed by atoms with E-state index in [1.165, 1.54) is 0 Å². The van der Waals surface area contributed by atoms with E-state index in [0.717, 1.165) is 24.1 Å². The number of carbonyl (C=O) groups is 1. The minimum Gasteiger partial charge on any atom is -0.385 e. The van der Waals surface area contributed by atoms with Crippen molar-refractivity contribution in [2.24, 2.45) is 0 Å². The van der Waals surface area contributed by atoms with Gasteiger partial charge in [-0.1, -0.05) is 18.2 Å². The van der Waals surface area contributed by atoms with Crippen molar-refractivity contribution in [3.63, 3.8) is 0 Å². The van der Waals surface area contributed by atoms with E-state index in [-0.39, 0.29) is 11.8 Å². The molecule has 0 saturated heterocycles. The average Bonchev–Trinajstić information content (AvgIpc) is 2.42. The van der Waals surface area contributed by atoms with Crippen molar-refractivity contribution < 1.29 is 9.53 Å². The summed E-state index contributed by atoms with van der Waals surface area (Å²) in [6.07, 6.45) is 1.69. The molecule has 0 aliphatic carbocycles. The molecular weight excluding hydrogens is 240 g/mol. The van der Waals surface area contributed by atoms with Crippen LogP contribution >= 0.6 is 0 Å². The maximum absolute atomic E-state index is 12.3. The van der Waals surface area contributed by atoms with Gasteiger partial charge in [-0.05, 0) is 31.4 Å². The fraction of sp³-hybridized carbons (Fsp3) is 0.533. The molecule has 0 fully saturated rings. The molecule has 0 bridgehead atoms. The summed E-state index contributed by atoms with van der Waals surface area (Å²) in [6.45, 7) is 3.47. The number of benzene rings is 1. The first kappa shape index (κ1) is 13.9. The topological polar surface area (TPSA) is 50.4 Å². The summed E-state index contributed by atoms with van der Waals surface area (Å²) < 4.78 is 4.98. The zero-order valence-electron chi connectivity index (χ0n) is 11.6. The van der Waals surface area contributed by atoms with Crippen LogP contribution < -0.4 is 10.6 Å². The third kappa shape index (κ3) is 3.47. The van der Waals surface area contributed by atoms with Crippen molar-refractivity contribution >= 4 is 11.6 Å². The highest BCUT2D eigenvalue weighted by Gasteiger charge is 2.28. The van der Waals surface area contributed by atoms with E-state index >= 15 is 0 Å². The van der Waals surface area contributed by atoms with Crippen LogP contribution in [0.1, 0.15) is 31.2 Å². The normalized spacial score (nSPS) is 21.4. The number of para-hydroxylation sites is 1. The Labute approximate surface area is 114 Å². The van der Waals surface area contributed by atoms with Crippen LogP contribution in [0.5, 0.6) is 0 Å². The molecule has 2 rings (SSSR count). The maximum Gasteiger partial charge on any atom is 0.227 e. The summed E-state index contributed by atoms with van der Waals surface area (Å²) in [7, 11) is 1.67. The molecule has 0 spiro atoms. The molecule has 1 heterocycles. The van der Waals surface area contributed by atoms with E-state index in [1.807, 2.05) is 24.3 Å². The van der Waals surface area contributed by atoms with Crippen molar-refractivity contribution in [2.75, 3.05) is 25.6 Å². The Kier molecular flexibility index (Phi) is 4.80. The molecule has 1 aromatic carbocycles. The van der Waals surface area contributed by atoms with Crippen LogP contribution in [-0.2, 0) is 9.53 Å². The molecule has 0 radical (unpaired) electrons. The molecule has 0 aromatic heterocycles. The van der Waals surface area contributed by atoms with E-state index in [1.54, 1.807) is 7.11 Å². The predicted molar refractivity (Wildman–Crippen MR) is 76.4 cm³/mol. The molecule has 1 aliphatic rings. The van der Waals surface area contributed by atoms with Gasteiger partial charge in [0.1, 0.15) is 0 Å². The number of amides is 1. The summed E-state index contributed by atoms with van der Waals surface area (Å²) in [5.41, 5.74) is 2.18. The molecule has 2 unspecified atom stereocenters. The molecule has 19 heavy (non-hydrogen) atoms. The van der Waals surface area contributed by atoms with Gasteiger partial charge in [-0.15, -0.1) is 0 Å². The van der Waals surface area contributed by atoms with Gasteiger partial charge < -0.3 is 15.4 Å². The van der Waals surface area contributed by atoms with Crippen LogP contribution in [0.15, 0.2) is 24.3 Å². The smallest absolute Gasteiger partial charge is 0.227 e. The van der Waals surface area contributed by atoms with Crippen LogP contribution in [-0.4, -0.2) is 32.2 Å². The summed E-state index contributed by atoms with van der Waals surface area (Å²) in [6, 6.07) is 8.38. The molecule has 0 saturated carbocycles. The van der Waals surface area contributed by atoms with Gasteiger partial charge in [0.15, 0.2) is 0 Å². The number of ether oxygens (including phenoxy) is 1. The first-order valence-corrected chi connectivity index (χ1v) is 6.84. The molecule has 2 N–H and O–H groups in total. The van der Waals surface area contributed by atoms with E-state index in [2.05, 4.69) is 17.6 Å². The quantitative estimate of drug-likeness (QED) is 0.799. The average molecular weight is 262 g/mol. The lowest BCUT2D eigenvalue weighted by Gasteiger charge is -2.30. The number of carbonyl (C=O) groups excluding carboxylic acids is 1. The van der Waals surface area contributed by atoms with E-state index in [0.29, 0.717) is 19.2 Å². The van der Waals surface area contributed by atoms with Crippen molar-refractivity contribution in [2.45, 2.75) is 31.7 Å². The highest BCUT2D eigenvalue weighted by Crippen LogP contribution is 2.33. The SMILES string of the molecule is COCCCNC(=O)C1CC(C)Nc2ccccc21. The van der Waals surface area contributed by atoms with Gasteiger partial charge in [-0.2, -0.15) is 0 Å². The van der Waals surface area contributed by atoms with Crippen molar-refractivity contribution in [3.05, 3.63) is 29.8 Å². The van der Waals surface area contributed by atoms with Gasteiger partial charge in [0.2, 0.25) is 5.91 Å². The maximum atomic E-state index is 12.3. The predicted octanol–water partition coefficient (Wildman–Crippen LogP) is 2.13. The molecule has 1 aliphatic heterocycles. The van der Waals surface area contributed by atoms with Crippen molar-refractivity contribution in [1.82, 2.24) is 5.32 Å². The molecular formula is C15H22N2O2. The Morgan fingerprint density at radius 2 is 2.26 bits per heavy atom. The number of methoxy groups -OCH3 is 1. The van der Waals surface area contributed by atoms with Crippen LogP contribution in [0.25, 0.3) is 0 Å². The van der Waals surface area contributed by atoms with Crippen LogP contribution in [0.3, 0.4) is 0 Å². The monoisotopic (exact) mass is 262 g/mol. The molecule has 104 valence electrons. The Morgan fingerprint density at radius 3 is 3.05 bits per heavy atom. The number of rotatable bonds is 5. The second kappa shape index (κ2) is 6.57. The third-order valence-corrected chi connectivity index (χ3v) is 3.47. The summed E-state index contributed by atoms with van der Waals surface area (Å²) in [5, 5.41) is 6.42. The zero-order chi connectivity index (χ0) is 13.7. The Hall–Kier alpha value is -1.55.